The summed E-state index contributed by atoms with van der Waals surface area (Å²) in [6.07, 6.45) is 1.57. The SMILES string of the molecule is COc1cc(/C=C(/C#N)C(=O)N2CCN(c3ccccc3)CC2)cc(Br)c1OCc1ccc(Cl)cc1Cl. The van der Waals surface area contributed by atoms with Crippen molar-refractivity contribution in [3.63, 3.8) is 0 Å². The van der Waals surface area contributed by atoms with E-state index in [1.807, 2.05) is 18.2 Å². The third kappa shape index (κ3) is 6.58. The van der Waals surface area contributed by atoms with Gasteiger partial charge in [0.1, 0.15) is 18.2 Å². The Bertz CT molecular complexity index is 1350. The molecular weight excluding hydrogens is 577 g/mol. The lowest BCUT2D eigenvalue weighted by molar-refractivity contribution is -0.126. The second-order valence-corrected chi connectivity index (χ2v) is 10.0. The normalized spacial score (nSPS) is 13.8. The van der Waals surface area contributed by atoms with Crippen LogP contribution in [0.3, 0.4) is 0 Å². The van der Waals surface area contributed by atoms with Crippen molar-refractivity contribution in [1.82, 2.24) is 4.90 Å². The predicted molar refractivity (Wildman–Crippen MR) is 150 cm³/mol. The van der Waals surface area contributed by atoms with E-state index in [0.29, 0.717) is 57.8 Å². The number of ether oxygens (including phenoxy) is 2. The summed E-state index contributed by atoms with van der Waals surface area (Å²) in [5.41, 5.74) is 2.59. The molecule has 0 aliphatic carbocycles. The number of carbonyl (C=O) groups excluding carboxylic acids is 1. The van der Waals surface area contributed by atoms with Crippen LogP contribution in [-0.4, -0.2) is 44.1 Å². The van der Waals surface area contributed by atoms with Gasteiger partial charge in [-0.15, -0.1) is 0 Å². The summed E-state index contributed by atoms with van der Waals surface area (Å²) in [6.45, 7) is 2.70. The molecule has 4 rings (SSSR count). The smallest absolute Gasteiger partial charge is 0.264 e. The van der Waals surface area contributed by atoms with E-state index in [1.54, 1.807) is 41.3 Å². The van der Waals surface area contributed by atoms with Gasteiger partial charge in [-0.2, -0.15) is 5.26 Å². The summed E-state index contributed by atoms with van der Waals surface area (Å²) < 4.78 is 12.1. The summed E-state index contributed by atoms with van der Waals surface area (Å²) in [5, 5.41) is 10.8. The highest BCUT2D eigenvalue weighted by Gasteiger charge is 2.24. The van der Waals surface area contributed by atoms with E-state index >= 15 is 0 Å². The fourth-order valence-electron chi connectivity index (χ4n) is 4.04. The van der Waals surface area contributed by atoms with Gasteiger partial charge in [-0.1, -0.05) is 47.5 Å². The number of anilines is 1. The van der Waals surface area contributed by atoms with E-state index in [9.17, 15) is 10.1 Å². The fourth-order valence-corrected chi connectivity index (χ4v) is 5.07. The molecule has 6 nitrogen and oxygen atoms in total. The number of benzene rings is 3. The van der Waals surface area contributed by atoms with Crippen molar-refractivity contribution in [3.8, 4) is 17.6 Å². The Labute approximate surface area is 234 Å². The van der Waals surface area contributed by atoms with E-state index in [0.717, 1.165) is 11.3 Å². The quantitative estimate of drug-likeness (QED) is 0.226. The number of halogens is 3. The zero-order chi connectivity index (χ0) is 26.4. The Hall–Kier alpha value is -3.18. The van der Waals surface area contributed by atoms with Crippen LogP contribution < -0.4 is 14.4 Å². The molecule has 1 heterocycles. The van der Waals surface area contributed by atoms with Gasteiger partial charge in [0.05, 0.1) is 11.6 Å². The monoisotopic (exact) mass is 599 g/mol. The average molecular weight is 601 g/mol. The average Bonchev–Trinajstić information content (AvgIpc) is 2.92. The molecule has 1 saturated heterocycles. The number of carbonyl (C=O) groups is 1. The zero-order valence-electron chi connectivity index (χ0n) is 20.1. The molecule has 0 unspecified atom stereocenters. The third-order valence-electron chi connectivity index (χ3n) is 5.99. The number of amides is 1. The van der Waals surface area contributed by atoms with Crippen molar-refractivity contribution in [2.45, 2.75) is 6.61 Å². The summed E-state index contributed by atoms with van der Waals surface area (Å²) >= 11 is 15.8. The summed E-state index contributed by atoms with van der Waals surface area (Å²) in [5.74, 6) is 0.641. The van der Waals surface area contributed by atoms with Crippen molar-refractivity contribution >= 4 is 56.8 Å². The molecule has 3 aromatic carbocycles. The van der Waals surface area contributed by atoms with Crippen LogP contribution in [0.2, 0.25) is 10.0 Å². The van der Waals surface area contributed by atoms with Crippen LogP contribution in [0.4, 0.5) is 5.69 Å². The van der Waals surface area contributed by atoms with E-state index in [2.05, 4.69) is 39.0 Å². The molecule has 1 aliphatic heterocycles. The maximum atomic E-state index is 13.1. The molecule has 3 aromatic rings. The second-order valence-electron chi connectivity index (χ2n) is 8.34. The van der Waals surface area contributed by atoms with Gasteiger partial charge < -0.3 is 19.3 Å². The molecule has 1 fully saturated rings. The highest BCUT2D eigenvalue weighted by Crippen LogP contribution is 2.38. The van der Waals surface area contributed by atoms with Crippen molar-refractivity contribution in [2.24, 2.45) is 0 Å². The molecule has 0 N–H and O–H groups in total. The Morgan fingerprint density at radius 2 is 1.81 bits per heavy atom. The van der Waals surface area contributed by atoms with Gasteiger partial charge in [-0.3, -0.25) is 4.79 Å². The standard InChI is InChI=1S/C28H24BrCl2N3O3/c1-36-26-15-19(14-24(29)27(26)37-18-20-7-8-22(30)16-25(20)31)13-21(17-32)28(35)34-11-9-33(10-12-34)23-5-3-2-4-6-23/h2-8,13-16H,9-12,18H2,1H3/b21-13-. The molecule has 1 aliphatic rings. The topological polar surface area (TPSA) is 65.8 Å². The summed E-state index contributed by atoms with van der Waals surface area (Å²) in [4.78, 5) is 17.1. The van der Waals surface area contributed by atoms with Gasteiger partial charge >= 0.3 is 0 Å². The van der Waals surface area contributed by atoms with Crippen LogP contribution >= 0.6 is 39.1 Å². The van der Waals surface area contributed by atoms with E-state index in [-0.39, 0.29) is 18.1 Å². The van der Waals surface area contributed by atoms with Crippen LogP contribution in [0.1, 0.15) is 11.1 Å². The maximum absolute atomic E-state index is 13.1. The van der Waals surface area contributed by atoms with Gasteiger partial charge in [-0.05, 0) is 64.0 Å². The first-order valence-electron chi connectivity index (χ1n) is 11.5. The molecule has 0 aromatic heterocycles. The molecule has 0 atom stereocenters. The van der Waals surface area contributed by atoms with Gasteiger partial charge in [0.2, 0.25) is 0 Å². The number of piperazine rings is 1. The minimum Gasteiger partial charge on any atom is -0.493 e. The lowest BCUT2D eigenvalue weighted by Crippen LogP contribution is -2.49. The second kappa shape index (κ2) is 12.4. The first-order chi connectivity index (χ1) is 17.9. The number of para-hydroxylation sites is 1. The molecule has 0 bridgehead atoms. The number of hydrogen-bond acceptors (Lipinski definition) is 5. The minimum atomic E-state index is -0.289. The Kier molecular flexibility index (Phi) is 8.99. The predicted octanol–water partition coefficient (Wildman–Crippen LogP) is 6.60. The molecule has 37 heavy (non-hydrogen) atoms. The van der Waals surface area contributed by atoms with E-state index in [4.69, 9.17) is 32.7 Å². The minimum absolute atomic E-state index is 0.0590. The molecular formula is C28H24BrCl2N3O3. The fraction of sp³-hybridized carbons (Fsp3) is 0.214. The van der Waals surface area contributed by atoms with E-state index < -0.39 is 0 Å². The van der Waals surface area contributed by atoms with Crippen LogP contribution in [0.5, 0.6) is 11.5 Å². The number of hydrogen-bond donors (Lipinski definition) is 0. The lowest BCUT2D eigenvalue weighted by Gasteiger charge is -2.36. The Balaban J connectivity index is 1.47. The number of methoxy groups -OCH3 is 1. The number of nitriles is 1. The maximum Gasteiger partial charge on any atom is 0.264 e. The molecule has 0 saturated carbocycles. The van der Waals surface area contributed by atoms with E-state index in [1.165, 1.54) is 7.11 Å². The number of nitrogens with zero attached hydrogens (tertiary/aromatic N) is 3. The highest BCUT2D eigenvalue weighted by atomic mass is 79.9. The van der Waals surface area contributed by atoms with Crippen molar-refractivity contribution in [3.05, 3.63) is 91.9 Å². The highest BCUT2D eigenvalue weighted by molar-refractivity contribution is 9.10. The van der Waals surface area contributed by atoms with Crippen LogP contribution in [-0.2, 0) is 11.4 Å². The lowest BCUT2D eigenvalue weighted by atomic mass is 10.1. The van der Waals surface area contributed by atoms with Gasteiger partial charge in [0.15, 0.2) is 11.5 Å². The van der Waals surface area contributed by atoms with Crippen molar-refractivity contribution < 1.29 is 14.3 Å². The van der Waals surface area contributed by atoms with Crippen LogP contribution in [0.15, 0.2) is 70.7 Å². The van der Waals surface area contributed by atoms with Crippen LogP contribution in [0.25, 0.3) is 6.08 Å². The van der Waals surface area contributed by atoms with Crippen molar-refractivity contribution in [2.75, 3.05) is 38.2 Å². The summed E-state index contributed by atoms with van der Waals surface area (Å²) in [6, 6.07) is 20.9. The molecule has 9 heteroatoms. The van der Waals surface area contributed by atoms with Gasteiger partial charge in [0, 0.05) is 47.5 Å². The van der Waals surface area contributed by atoms with Crippen molar-refractivity contribution in [1.29, 1.82) is 5.26 Å². The molecule has 0 spiro atoms. The summed E-state index contributed by atoms with van der Waals surface area (Å²) in [7, 11) is 1.53. The Morgan fingerprint density at radius 1 is 1.08 bits per heavy atom. The first-order valence-corrected chi connectivity index (χ1v) is 13.1. The third-order valence-corrected chi connectivity index (χ3v) is 7.16. The van der Waals surface area contributed by atoms with Gasteiger partial charge in [-0.25, -0.2) is 0 Å². The number of rotatable bonds is 7. The largest absolute Gasteiger partial charge is 0.493 e. The van der Waals surface area contributed by atoms with Crippen LogP contribution in [0, 0.1) is 11.3 Å². The Morgan fingerprint density at radius 3 is 2.46 bits per heavy atom. The molecule has 1 amide bonds. The molecule has 190 valence electrons. The zero-order valence-corrected chi connectivity index (χ0v) is 23.2. The first kappa shape index (κ1) is 26.9. The van der Waals surface area contributed by atoms with Gasteiger partial charge in [0.25, 0.3) is 5.91 Å². The molecule has 0 radical (unpaired) electrons.